The van der Waals surface area contributed by atoms with E-state index in [0.29, 0.717) is 18.5 Å². The van der Waals surface area contributed by atoms with Crippen LogP contribution in [0.1, 0.15) is 30.1 Å². The third kappa shape index (κ3) is 2.88. The lowest BCUT2D eigenvalue weighted by atomic mass is 9.97. The molecule has 1 rings (SSSR count). The fourth-order valence-electron chi connectivity index (χ4n) is 1.22. The summed E-state index contributed by atoms with van der Waals surface area (Å²) in [6.45, 7) is 2.59. The van der Waals surface area contributed by atoms with E-state index in [1.54, 1.807) is 12.4 Å². The highest BCUT2D eigenvalue weighted by atomic mass is 16.1. The predicted molar refractivity (Wildman–Crippen MR) is 53.8 cm³/mol. The summed E-state index contributed by atoms with van der Waals surface area (Å²) < 4.78 is 0. The molecule has 0 saturated carbocycles. The molecule has 1 aromatic rings. The van der Waals surface area contributed by atoms with Gasteiger partial charge in [0.25, 0.3) is 0 Å². The van der Waals surface area contributed by atoms with Crippen molar-refractivity contribution in [2.24, 2.45) is 11.7 Å². The smallest absolute Gasteiger partial charge is 0.166 e. The molecular weight excluding hydrogens is 178 g/mol. The normalized spacial score (nSPS) is 12.4. The maximum absolute atomic E-state index is 11.6. The molecule has 4 heteroatoms. The molecule has 0 radical (unpaired) electrons. The van der Waals surface area contributed by atoms with Gasteiger partial charge in [-0.05, 0) is 12.5 Å². The Labute approximate surface area is 83.6 Å². The van der Waals surface area contributed by atoms with E-state index in [2.05, 4.69) is 9.97 Å². The fourth-order valence-corrected chi connectivity index (χ4v) is 1.22. The van der Waals surface area contributed by atoms with Gasteiger partial charge in [-0.3, -0.25) is 4.79 Å². The van der Waals surface area contributed by atoms with Gasteiger partial charge >= 0.3 is 0 Å². The number of aromatic nitrogens is 2. The van der Waals surface area contributed by atoms with Crippen molar-refractivity contribution in [3.05, 3.63) is 24.3 Å². The number of nitrogens with zero attached hydrogens (tertiary/aromatic N) is 2. The van der Waals surface area contributed by atoms with Gasteiger partial charge in [-0.15, -0.1) is 0 Å². The van der Waals surface area contributed by atoms with Crippen LogP contribution in [0.3, 0.4) is 0 Å². The van der Waals surface area contributed by atoms with Crippen LogP contribution >= 0.6 is 0 Å². The van der Waals surface area contributed by atoms with Crippen molar-refractivity contribution >= 4 is 5.78 Å². The van der Waals surface area contributed by atoms with Crippen LogP contribution < -0.4 is 5.73 Å². The fraction of sp³-hybridized carbons (Fsp3) is 0.500. The van der Waals surface area contributed by atoms with Gasteiger partial charge in [-0.2, -0.15) is 0 Å². The van der Waals surface area contributed by atoms with Crippen LogP contribution in [-0.2, 0) is 0 Å². The number of rotatable bonds is 5. The number of carbonyl (C=O) groups excluding carboxylic acids is 1. The van der Waals surface area contributed by atoms with Crippen molar-refractivity contribution in [2.75, 3.05) is 6.54 Å². The first kappa shape index (κ1) is 10.8. The standard InChI is InChI=1S/C10H15N3O/c1-2-8(4-11)3-10(14)9-5-12-7-13-6-9/h5-8H,2-4,11H2,1H3. The van der Waals surface area contributed by atoms with Gasteiger partial charge in [0, 0.05) is 18.8 Å². The summed E-state index contributed by atoms with van der Waals surface area (Å²) in [5.74, 6) is 0.339. The first-order chi connectivity index (χ1) is 6.77. The van der Waals surface area contributed by atoms with Crippen molar-refractivity contribution in [2.45, 2.75) is 19.8 Å². The van der Waals surface area contributed by atoms with Crippen molar-refractivity contribution < 1.29 is 4.79 Å². The lowest BCUT2D eigenvalue weighted by Gasteiger charge is -2.09. The van der Waals surface area contributed by atoms with Crippen LogP contribution in [0, 0.1) is 5.92 Å². The second kappa shape index (κ2) is 5.44. The molecule has 1 aromatic heterocycles. The minimum absolute atomic E-state index is 0.0721. The molecule has 0 amide bonds. The van der Waals surface area contributed by atoms with E-state index in [1.165, 1.54) is 6.33 Å². The van der Waals surface area contributed by atoms with E-state index in [-0.39, 0.29) is 11.7 Å². The second-order valence-corrected chi connectivity index (χ2v) is 3.26. The number of hydrogen-bond donors (Lipinski definition) is 1. The second-order valence-electron chi connectivity index (χ2n) is 3.26. The van der Waals surface area contributed by atoms with Crippen molar-refractivity contribution in [1.29, 1.82) is 0 Å². The third-order valence-corrected chi connectivity index (χ3v) is 2.27. The van der Waals surface area contributed by atoms with E-state index in [4.69, 9.17) is 5.73 Å². The molecule has 1 atom stereocenters. The van der Waals surface area contributed by atoms with Crippen LogP contribution in [0.5, 0.6) is 0 Å². The summed E-state index contributed by atoms with van der Waals surface area (Å²) in [7, 11) is 0. The molecule has 1 heterocycles. The Balaban J connectivity index is 2.59. The van der Waals surface area contributed by atoms with Gasteiger partial charge in [-0.25, -0.2) is 9.97 Å². The Kier molecular flexibility index (Phi) is 4.19. The number of hydrogen-bond acceptors (Lipinski definition) is 4. The van der Waals surface area contributed by atoms with Crippen molar-refractivity contribution in [1.82, 2.24) is 9.97 Å². The predicted octanol–water partition coefficient (Wildman–Crippen LogP) is 1.03. The Bertz CT molecular complexity index is 283. The van der Waals surface area contributed by atoms with Gasteiger partial charge in [0.1, 0.15) is 6.33 Å². The Morgan fingerprint density at radius 2 is 2.14 bits per heavy atom. The lowest BCUT2D eigenvalue weighted by molar-refractivity contribution is 0.0960. The number of carbonyl (C=O) groups is 1. The molecule has 76 valence electrons. The zero-order valence-electron chi connectivity index (χ0n) is 8.31. The number of nitrogens with two attached hydrogens (primary N) is 1. The summed E-state index contributed by atoms with van der Waals surface area (Å²) in [5.41, 5.74) is 6.10. The molecule has 0 aliphatic rings. The maximum Gasteiger partial charge on any atom is 0.166 e. The molecule has 14 heavy (non-hydrogen) atoms. The Hall–Kier alpha value is -1.29. The average molecular weight is 193 g/mol. The highest BCUT2D eigenvalue weighted by Gasteiger charge is 2.12. The van der Waals surface area contributed by atoms with Gasteiger partial charge in [-0.1, -0.05) is 13.3 Å². The van der Waals surface area contributed by atoms with E-state index in [0.717, 1.165) is 6.42 Å². The minimum Gasteiger partial charge on any atom is -0.330 e. The molecule has 0 aliphatic carbocycles. The third-order valence-electron chi connectivity index (χ3n) is 2.27. The molecule has 2 N–H and O–H groups in total. The lowest BCUT2D eigenvalue weighted by Crippen LogP contribution is -2.17. The molecule has 0 spiro atoms. The topological polar surface area (TPSA) is 68.9 Å². The first-order valence-electron chi connectivity index (χ1n) is 4.76. The summed E-state index contributed by atoms with van der Waals surface area (Å²) >= 11 is 0. The molecule has 0 bridgehead atoms. The first-order valence-corrected chi connectivity index (χ1v) is 4.76. The molecule has 1 unspecified atom stereocenters. The van der Waals surface area contributed by atoms with Crippen LogP contribution in [0.4, 0.5) is 0 Å². The molecule has 0 aliphatic heterocycles. The maximum atomic E-state index is 11.6. The monoisotopic (exact) mass is 193 g/mol. The Morgan fingerprint density at radius 3 is 2.64 bits per heavy atom. The molecule has 0 saturated heterocycles. The highest BCUT2D eigenvalue weighted by Crippen LogP contribution is 2.10. The minimum atomic E-state index is 0.0721. The zero-order valence-corrected chi connectivity index (χ0v) is 8.31. The van der Waals surface area contributed by atoms with Gasteiger partial charge < -0.3 is 5.73 Å². The van der Waals surface area contributed by atoms with Gasteiger partial charge in [0.2, 0.25) is 0 Å². The average Bonchev–Trinajstić information content (AvgIpc) is 2.26. The van der Waals surface area contributed by atoms with Crippen LogP contribution in [0.25, 0.3) is 0 Å². The molecule has 0 aromatic carbocycles. The van der Waals surface area contributed by atoms with E-state index >= 15 is 0 Å². The molecule has 0 fully saturated rings. The number of ketones is 1. The van der Waals surface area contributed by atoms with Crippen LogP contribution in [-0.4, -0.2) is 22.3 Å². The van der Waals surface area contributed by atoms with Crippen LogP contribution in [0.2, 0.25) is 0 Å². The van der Waals surface area contributed by atoms with Crippen molar-refractivity contribution in [3.8, 4) is 0 Å². The summed E-state index contributed by atoms with van der Waals surface area (Å²) in [6.07, 6.45) is 5.91. The molecule has 4 nitrogen and oxygen atoms in total. The molecular formula is C10H15N3O. The summed E-state index contributed by atoms with van der Waals surface area (Å²) in [5, 5.41) is 0. The summed E-state index contributed by atoms with van der Waals surface area (Å²) in [6, 6.07) is 0. The quantitative estimate of drug-likeness (QED) is 0.709. The van der Waals surface area contributed by atoms with Crippen LogP contribution in [0.15, 0.2) is 18.7 Å². The largest absolute Gasteiger partial charge is 0.330 e. The zero-order chi connectivity index (χ0) is 10.4. The highest BCUT2D eigenvalue weighted by molar-refractivity contribution is 5.95. The summed E-state index contributed by atoms with van der Waals surface area (Å²) in [4.78, 5) is 19.2. The van der Waals surface area contributed by atoms with Gasteiger partial charge in [0.15, 0.2) is 5.78 Å². The van der Waals surface area contributed by atoms with E-state index < -0.39 is 0 Å². The SMILES string of the molecule is CCC(CN)CC(=O)c1cncnc1. The Morgan fingerprint density at radius 1 is 1.50 bits per heavy atom. The van der Waals surface area contributed by atoms with Gasteiger partial charge in [0.05, 0.1) is 5.56 Å². The number of Topliss-reactive ketones (excluding diaryl/α,β-unsaturated/α-hetero) is 1. The van der Waals surface area contributed by atoms with E-state index in [9.17, 15) is 4.79 Å². The van der Waals surface area contributed by atoms with E-state index in [1.807, 2.05) is 6.92 Å². The van der Waals surface area contributed by atoms with Crippen molar-refractivity contribution in [3.63, 3.8) is 0 Å².